The lowest BCUT2D eigenvalue weighted by Gasteiger charge is -2.32. The number of ether oxygens (including phenoxy) is 2. The molecule has 0 saturated heterocycles. The molecule has 136 valence electrons. The van der Waals surface area contributed by atoms with Crippen LogP contribution in [0.1, 0.15) is 58.8 Å². The van der Waals surface area contributed by atoms with E-state index in [1.165, 1.54) is 32.1 Å². The predicted molar refractivity (Wildman–Crippen MR) is 98.9 cm³/mol. The van der Waals surface area contributed by atoms with E-state index in [1.807, 2.05) is 13.8 Å². The quantitative estimate of drug-likeness (QED) is 0.286. The van der Waals surface area contributed by atoms with Crippen molar-refractivity contribution in [1.82, 2.24) is 0 Å². The van der Waals surface area contributed by atoms with E-state index in [-0.39, 0.29) is 11.2 Å². The normalized spacial score (nSPS) is 37.7. The largest absolute Gasteiger partial charge is 0.436 e. The molecule has 3 aliphatic rings. The van der Waals surface area contributed by atoms with E-state index < -0.39 is 6.29 Å². The van der Waals surface area contributed by atoms with Crippen molar-refractivity contribution in [2.75, 3.05) is 6.61 Å². The van der Waals surface area contributed by atoms with Crippen LogP contribution in [-0.2, 0) is 14.3 Å². The Morgan fingerprint density at radius 3 is 2.83 bits per heavy atom. The van der Waals surface area contributed by atoms with Crippen molar-refractivity contribution in [2.24, 2.45) is 34.6 Å². The topological polar surface area (TPSA) is 47.9 Å². The summed E-state index contributed by atoms with van der Waals surface area (Å²) >= 11 is 0. The molecule has 24 heavy (non-hydrogen) atoms. The van der Waals surface area contributed by atoms with Crippen LogP contribution in [0.4, 0.5) is 0 Å². The summed E-state index contributed by atoms with van der Waals surface area (Å²) in [6.45, 7) is 8.05. The van der Waals surface area contributed by atoms with Gasteiger partial charge in [-0.3, -0.25) is 9.79 Å². The van der Waals surface area contributed by atoms with Crippen LogP contribution in [0, 0.1) is 29.6 Å². The number of nitrogens with zero attached hydrogens (tertiary/aromatic N) is 1. The molecule has 3 aliphatic carbocycles. The van der Waals surface area contributed by atoms with Crippen LogP contribution < -0.4 is 0 Å². The van der Waals surface area contributed by atoms with E-state index >= 15 is 0 Å². The van der Waals surface area contributed by atoms with Crippen molar-refractivity contribution in [2.45, 2.75) is 70.4 Å². The van der Waals surface area contributed by atoms with Gasteiger partial charge in [0, 0.05) is 6.42 Å². The van der Waals surface area contributed by atoms with Gasteiger partial charge in [-0.05, 0) is 82.3 Å². The molecule has 0 aliphatic heterocycles. The molecule has 2 bridgehead atoms. The summed E-state index contributed by atoms with van der Waals surface area (Å²) in [5.41, 5.74) is 0. The first-order chi connectivity index (χ1) is 11.4. The number of fused-ring (bicyclic) bond motifs is 5. The second-order valence-corrected chi connectivity index (χ2v) is 9.56. The monoisotopic (exact) mass is 353 g/mol. The second-order valence-electron chi connectivity index (χ2n) is 8.32. The van der Waals surface area contributed by atoms with Gasteiger partial charge < -0.3 is 9.47 Å². The molecule has 3 saturated carbocycles. The van der Waals surface area contributed by atoms with E-state index in [9.17, 15) is 4.79 Å². The van der Waals surface area contributed by atoms with Crippen molar-refractivity contribution in [3.05, 3.63) is 0 Å². The van der Waals surface area contributed by atoms with Gasteiger partial charge in [-0.1, -0.05) is 6.42 Å². The highest BCUT2D eigenvalue weighted by atomic mass is 31.0. The lowest BCUT2D eigenvalue weighted by atomic mass is 9.76. The Hall–Kier alpha value is -0.470. The summed E-state index contributed by atoms with van der Waals surface area (Å²) in [7, 11) is 2.62. The molecule has 0 heterocycles. The van der Waals surface area contributed by atoms with Gasteiger partial charge in [0.1, 0.15) is 0 Å². The number of aliphatic imine (C=N–C) groups is 1. The smallest absolute Gasteiger partial charge is 0.308 e. The van der Waals surface area contributed by atoms with Crippen molar-refractivity contribution in [1.29, 1.82) is 0 Å². The third kappa shape index (κ3) is 4.02. The SMILES string of the molecule is C=NC(C)(P)CCC(=O)OC(C)OCC1CC2CC1C1CCCC21. The van der Waals surface area contributed by atoms with Gasteiger partial charge in [0.05, 0.1) is 11.9 Å². The maximum Gasteiger partial charge on any atom is 0.308 e. The molecule has 0 N–H and O–H groups in total. The van der Waals surface area contributed by atoms with Gasteiger partial charge in [0.2, 0.25) is 0 Å². The lowest BCUT2D eigenvalue weighted by molar-refractivity contribution is -0.178. The molecule has 8 atom stereocenters. The molecule has 0 spiro atoms. The van der Waals surface area contributed by atoms with E-state index in [4.69, 9.17) is 9.47 Å². The summed E-state index contributed by atoms with van der Waals surface area (Å²) in [5, 5.41) is -0.357. The maximum atomic E-state index is 11.9. The minimum absolute atomic E-state index is 0.219. The van der Waals surface area contributed by atoms with Crippen LogP contribution in [-0.4, -0.2) is 30.9 Å². The molecular weight excluding hydrogens is 321 g/mol. The lowest BCUT2D eigenvalue weighted by Crippen LogP contribution is -2.29. The minimum atomic E-state index is -0.455. The van der Waals surface area contributed by atoms with Crippen LogP contribution in [0.25, 0.3) is 0 Å². The Bertz CT molecular complexity index is 481. The van der Waals surface area contributed by atoms with E-state index in [2.05, 4.69) is 20.9 Å². The van der Waals surface area contributed by atoms with Gasteiger partial charge in [-0.2, -0.15) is 0 Å². The van der Waals surface area contributed by atoms with E-state index in [0.29, 0.717) is 18.8 Å². The number of hydrogen-bond donors (Lipinski definition) is 0. The van der Waals surface area contributed by atoms with E-state index in [0.717, 1.165) is 30.3 Å². The zero-order valence-corrected chi connectivity index (χ0v) is 16.2. The number of esters is 1. The number of carbonyl (C=O) groups is 1. The fourth-order valence-corrected chi connectivity index (χ4v) is 5.52. The molecule has 3 fully saturated rings. The number of carbonyl (C=O) groups excluding carboxylic acids is 1. The third-order valence-corrected chi connectivity index (χ3v) is 7.08. The fraction of sp³-hybridized carbons (Fsp3) is 0.895. The van der Waals surface area contributed by atoms with Gasteiger partial charge in [0.25, 0.3) is 0 Å². The van der Waals surface area contributed by atoms with Crippen molar-refractivity contribution in [3.63, 3.8) is 0 Å². The van der Waals surface area contributed by atoms with Gasteiger partial charge >= 0.3 is 5.97 Å². The van der Waals surface area contributed by atoms with Crippen LogP contribution in [0.5, 0.6) is 0 Å². The maximum absolute atomic E-state index is 11.9. The Kier molecular flexibility index (Phi) is 5.66. The summed E-state index contributed by atoms with van der Waals surface area (Å²) in [5.74, 6) is 4.24. The van der Waals surface area contributed by atoms with Crippen LogP contribution in [0.2, 0.25) is 0 Å². The van der Waals surface area contributed by atoms with E-state index in [1.54, 1.807) is 0 Å². The molecule has 8 unspecified atom stereocenters. The average Bonchev–Trinajstić information content (AvgIpc) is 3.23. The van der Waals surface area contributed by atoms with Crippen LogP contribution in [0.3, 0.4) is 0 Å². The summed E-state index contributed by atoms with van der Waals surface area (Å²) in [4.78, 5) is 15.9. The Morgan fingerprint density at radius 2 is 2.08 bits per heavy atom. The zero-order valence-electron chi connectivity index (χ0n) is 15.1. The zero-order chi connectivity index (χ0) is 17.3. The molecule has 0 amide bonds. The van der Waals surface area contributed by atoms with Crippen LogP contribution in [0.15, 0.2) is 4.99 Å². The second kappa shape index (κ2) is 7.41. The molecule has 3 rings (SSSR count). The molecule has 0 aromatic carbocycles. The number of hydrogen-bond acceptors (Lipinski definition) is 4. The molecule has 4 nitrogen and oxygen atoms in total. The molecule has 0 aromatic rings. The summed E-state index contributed by atoms with van der Waals surface area (Å²) in [6.07, 6.45) is 7.55. The van der Waals surface area contributed by atoms with Crippen molar-refractivity contribution in [3.8, 4) is 0 Å². The van der Waals surface area contributed by atoms with Crippen molar-refractivity contribution < 1.29 is 14.3 Å². The Morgan fingerprint density at radius 1 is 1.33 bits per heavy atom. The van der Waals surface area contributed by atoms with Crippen LogP contribution >= 0.6 is 9.24 Å². The number of rotatable bonds is 8. The molecule has 0 aromatic heterocycles. The average molecular weight is 353 g/mol. The van der Waals surface area contributed by atoms with Gasteiger partial charge in [-0.25, -0.2) is 0 Å². The highest BCUT2D eigenvalue weighted by Gasteiger charge is 2.53. The molecular formula is C19H32NO3P. The molecule has 5 heteroatoms. The van der Waals surface area contributed by atoms with Crippen molar-refractivity contribution >= 4 is 21.9 Å². The standard InChI is InChI=1S/C19H32NO3P/c1-12(23-18(21)7-8-19(2,24)20-3)22-11-14-9-13-10-17(14)16-6-4-5-15(13)16/h12-17H,3-11,24H2,1-2H3. The Balaban J connectivity index is 1.36. The minimum Gasteiger partial charge on any atom is -0.436 e. The predicted octanol–water partition coefficient (Wildman–Crippen LogP) is 4.04. The first-order valence-corrected chi connectivity index (χ1v) is 10.0. The van der Waals surface area contributed by atoms with Gasteiger partial charge in [0.15, 0.2) is 6.29 Å². The summed E-state index contributed by atoms with van der Waals surface area (Å²) < 4.78 is 11.3. The highest BCUT2D eigenvalue weighted by Crippen LogP contribution is 2.60. The molecule has 0 radical (unpaired) electrons. The van der Waals surface area contributed by atoms with Gasteiger partial charge in [-0.15, -0.1) is 9.24 Å². The first kappa shape index (κ1) is 18.3. The fourth-order valence-electron chi connectivity index (χ4n) is 5.37. The third-order valence-electron chi connectivity index (χ3n) is 6.61. The highest BCUT2D eigenvalue weighted by molar-refractivity contribution is 7.18. The first-order valence-electron chi connectivity index (χ1n) is 9.47. The Labute approximate surface area is 148 Å². The summed E-state index contributed by atoms with van der Waals surface area (Å²) in [6, 6.07) is 0.